The van der Waals surface area contributed by atoms with E-state index in [2.05, 4.69) is 6.07 Å². The lowest BCUT2D eigenvalue weighted by atomic mass is 9.79. The second kappa shape index (κ2) is 6.20. The molecule has 0 radical (unpaired) electrons. The molecule has 4 heteroatoms. The second-order valence-electron chi connectivity index (χ2n) is 5.61. The van der Waals surface area contributed by atoms with E-state index in [-0.39, 0.29) is 0 Å². The van der Waals surface area contributed by atoms with E-state index in [9.17, 15) is 4.79 Å². The van der Waals surface area contributed by atoms with Crippen LogP contribution >= 0.6 is 0 Å². The van der Waals surface area contributed by atoms with Gasteiger partial charge in [0.05, 0.1) is 7.11 Å². The molecular weight excluding hydrogens is 278 g/mol. The molecule has 3 rings (SSSR count). The Kier molecular flexibility index (Phi) is 4.11. The highest BCUT2D eigenvalue weighted by molar-refractivity contribution is 5.93. The van der Waals surface area contributed by atoms with Crippen molar-refractivity contribution in [2.75, 3.05) is 7.11 Å². The molecule has 2 N–H and O–H groups in total. The number of hydrogen-bond donors (Lipinski definition) is 2. The first-order valence-electron chi connectivity index (χ1n) is 7.42. The summed E-state index contributed by atoms with van der Waals surface area (Å²) >= 11 is 0. The molecule has 22 heavy (non-hydrogen) atoms. The van der Waals surface area contributed by atoms with Crippen LogP contribution in [-0.4, -0.2) is 18.2 Å². The summed E-state index contributed by atoms with van der Waals surface area (Å²) in [5.41, 5.74) is 5.84. The molecule has 1 aliphatic rings. The summed E-state index contributed by atoms with van der Waals surface area (Å²) in [6.07, 6.45) is 2.93. The molecule has 0 fully saturated rings. The smallest absolute Gasteiger partial charge is 0.274 e. The Morgan fingerprint density at radius 3 is 2.82 bits per heavy atom. The summed E-state index contributed by atoms with van der Waals surface area (Å²) in [5.74, 6) is 0.832. The maximum Gasteiger partial charge on any atom is 0.274 e. The van der Waals surface area contributed by atoms with Gasteiger partial charge < -0.3 is 4.74 Å². The Hall–Kier alpha value is -2.33. The predicted octanol–water partition coefficient (Wildman–Crippen LogP) is 3.09. The second-order valence-corrected chi connectivity index (χ2v) is 5.61. The van der Waals surface area contributed by atoms with Crippen molar-refractivity contribution in [2.45, 2.75) is 25.2 Å². The number of nitrogens with one attached hydrogen (secondary N) is 1. The molecule has 0 bridgehead atoms. The van der Waals surface area contributed by atoms with Crippen LogP contribution in [-0.2, 0) is 12.8 Å². The number of hydrogen-bond acceptors (Lipinski definition) is 3. The Labute approximate surface area is 129 Å². The third-order valence-corrected chi connectivity index (χ3v) is 4.38. The fourth-order valence-corrected chi connectivity index (χ4v) is 3.23. The Balaban J connectivity index is 1.91. The van der Waals surface area contributed by atoms with Crippen LogP contribution in [0.4, 0.5) is 0 Å². The van der Waals surface area contributed by atoms with Crippen molar-refractivity contribution in [3.8, 4) is 5.75 Å². The molecule has 0 spiro atoms. The molecule has 0 aliphatic heterocycles. The monoisotopic (exact) mass is 297 g/mol. The molecule has 0 saturated heterocycles. The molecule has 0 aromatic heterocycles. The van der Waals surface area contributed by atoms with Crippen LogP contribution in [0.2, 0.25) is 0 Å². The Morgan fingerprint density at radius 2 is 2.05 bits per heavy atom. The molecule has 1 aliphatic carbocycles. The van der Waals surface area contributed by atoms with Gasteiger partial charge in [-0.3, -0.25) is 10.0 Å². The van der Waals surface area contributed by atoms with Crippen LogP contribution < -0.4 is 10.2 Å². The highest BCUT2D eigenvalue weighted by atomic mass is 16.5. The quantitative estimate of drug-likeness (QED) is 0.676. The SMILES string of the molecule is COc1ccccc1C1CCc2ccc(C(=O)NO)cc2C1. The fraction of sp³-hybridized carbons (Fsp3) is 0.278. The summed E-state index contributed by atoms with van der Waals surface area (Å²) in [5, 5.41) is 8.77. The van der Waals surface area contributed by atoms with Crippen molar-refractivity contribution in [3.05, 3.63) is 64.7 Å². The first-order chi connectivity index (χ1) is 10.7. The van der Waals surface area contributed by atoms with Gasteiger partial charge in [-0.1, -0.05) is 24.3 Å². The van der Waals surface area contributed by atoms with Crippen LogP contribution in [0.1, 0.15) is 39.4 Å². The van der Waals surface area contributed by atoms with Gasteiger partial charge in [-0.15, -0.1) is 0 Å². The first-order valence-corrected chi connectivity index (χ1v) is 7.42. The number of fused-ring (bicyclic) bond motifs is 1. The zero-order valence-electron chi connectivity index (χ0n) is 12.5. The van der Waals surface area contributed by atoms with Crippen LogP contribution in [0.5, 0.6) is 5.75 Å². The molecule has 1 amide bonds. The summed E-state index contributed by atoms with van der Waals surface area (Å²) in [7, 11) is 1.69. The van der Waals surface area contributed by atoms with Gasteiger partial charge in [0.1, 0.15) is 5.75 Å². The standard InChI is InChI=1S/C18H19NO3/c1-22-17-5-3-2-4-16(17)13-8-6-12-7-9-14(18(20)19-21)11-15(12)10-13/h2-5,7,9,11,13,21H,6,8,10H2,1H3,(H,19,20). The first kappa shape index (κ1) is 14.6. The number of hydroxylamine groups is 1. The third kappa shape index (κ3) is 2.70. The lowest BCUT2D eigenvalue weighted by molar-refractivity contribution is 0.0706. The molecule has 0 saturated carbocycles. The van der Waals surface area contributed by atoms with E-state index < -0.39 is 5.91 Å². The minimum atomic E-state index is -0.470. The van der Waals surface area contributed by atoms with Gasteiger partial charge in [-0.2, -0.15) is 0 Å². The molecule has 114 valence electrons. The molecule has 0 heterocycles. The Bertz CT molecular complexity index is 696. The van der Waals surface area contributed by atoms with Crippen molar-refractivity contribution >= 4 is 5.91 Å². The molecular formula is C18H19NO3. The van der Waals surface area contributed by atoms with Gasteiger partial charge in [-0.25, -0.2) is 5.48 Å². The van der Waals surface area contributed by atoms with E-state index in [1.54, 1.807) is 18.7 Å². The zero-order chi connectivity index (χ0) is 15.5. The van der Waals surface area contributed by atoms with Crippen LogP contribution in [0, 0.1) is 0 Å². The molecule has 1 atom stereocenters. The summed E-state index contributed by atoms with van der Waals surface area (Å²) in [6, 6.07) is 13.7. The van der Waals surface area contributed by atoms with E-state index in [1.165, 1.54) is 16.7 Å². The van der Waals surface area contributed by atoms with Crippen LogP contribution in [0.3, 0.4) is 0 Å². The number of amides is 1. The van der Waals surface area contributed by atoms with Gasteiger partial charge >= 0.3 is 0 Å². The topological polar surface area (TPSA) is 58.6 Å². The van der Waals surface area contributed by atoms with Crippen molar-refractivity contribution in [3.63, 3.8) is 0 Å². The van der Waals surface area contributed by atoms with Gasteiger partial charge in [0.15, 0.2) is 0 Å². The maximum atomic E-state index is 11.6. The van der Waals surface area contributed by atoms with Gasteiger partial charge in [0.25, 0.3) is 5.91 Å². The van der Waals surface area contributed by atoms with E-state index in [4.69, 9.17) is 9.94 Å². The average molecular weight is 297 g/mol. The number of ether oxygens (including phenoxy) is 1. The minimum absolute atomic E-state index is 0.385. The highest BCUT2D eigenvalue weighted by Crippen LogP contribution is 2.37. The predicted molar refractivity (Wildman–Crippen MR) is 83.5 cm³/mol. The number of para-hydroxylation sites is 1. The largest absolute Gasteiger partial charge is 0.496 e. The van der Waals surface area contributed by atoms with Crippen molar-refractivity contribution in [1.29, 1.82) is 0 Å². The average Bonchev–Trinajstić information content (AvgIpc) is 2.60. The van der Waals surface area contributed by atoms with Crippen molar-refractivity contribution in [2.24, 2.45) is 0 Å². The number of carbonyl (C=O) groups is 1. The van der Waals surface area contributed by atoms with E-state index in [1.807, 2.05) is 30.3 Å². The number of rotatable bonds is 3. The summed E-state index contributed by atoms with van der Waals surface area (Å²) in [6.45, 7) is 0. The third-order valence-electron chi connectivity index (χ3n) is 4.38. The minimum Gasteiger partial charge on any atom is -0.496 e. The summed E-state index contributed by atoms with van der Waals surface area (Å²) < 4.78 is 5.47. The zero-order valence-corrected chi connectivity index (χ0v) is 12.5. The fourth-order valence-electron chi connectivity index (χ4n) is 3.23. The van der Waals surface area contributed by atoms with E-state index >= 15 is 0 Å². The lowest BCUT2D eigenvalue weighted by Crippen LogP contribution is -2.20. The summed E-state index contributed by atoms with van der Waals surface area (Å²) in [4.78, 5) is 11.6. The number of benzene rings is 2. The Morgan fingerprint density at radius 1 is 1.23 bits per heavy atom. The van der Waals surface area contributed by atoms with Gasteiger partial charge in [0, 0.05) is 5.56 Å². The molecule has 4 nitrogen and oxygen atoms in total. The van der Waals surface area contributed by atoms with Crippen LogP contribution in [0.15, 0.2) is 42.5 Å². The maximum absolute atomic E-state index is 11.6. The lowest BCUT2D eigenvalue weighted by Gasteiger charge is -2.26. The normalized spacial score (nSPS) is 16.7. The van der Waals surface area contributed by atoms with E-state index in [0.717, 1.165) is 25.0 Å². The van der Waals surface area contributed by atoms with Crippen LogP contribution in [0.25, 0.3) is 0 Å². The highest BCUT2D eigenvalue weighted by Gasteiger charge is 2.23. The molecule has 2 aromatic rings. The van der Waals surface area contributed by atoms with Crippen molar-refractivity contribution < 1.29 is 14.7 Å². The van der Waals surface area contributed by atoms with Gasteiger partial charge in [-0.05, 0) is 60.1 Å². The molecule has 1 unspecified atom stereocenters. The van der Waals surface area contributed by atoms with E-state index in [0.29, 0.717) is 11.5 Å². The van der Waals surface area contributed by atoms with Gasteiger partial charge in [0.2, 0.25) is 0 Å². The van der Waals surface area contributed by atoms with Crippen molar-refractivity contribution in [1.82, 2.24) is 5.48 Å². The number of methoxy groups -OCH3 is 1. The molecule has 2 aromatic carbocycles. The number of carbonyl (C=O) groups excluding carboxylic acids is 1. The number of aryl methyl sites for hydroxylation is 1.